The lowest BCUT2D eigenvalue weighted by molar-refractivity contribution is 0.0317. The van der Waals surface area contributed by atoms with Gasteiger partial charge in [0.1, 0.15) is 6.10 Å². The minimum atomic E-state index is -0.214. The van der Waals surface area contributed by atoms with Crippen LogP contribution in [0.5, 0.6) is 0 Å². The average Bonchev–Trinajstić information content (AvgIpc) is 2.71. The summed E-state index contributed by atoms with van der Waals surface area (Å²) in [6, 6.07) is 7.36. The van der Waals surface area contributed by atoms with Crippen molar-refractivity contribution in [3.63, 3.8) is 0 Å². The third-order valence-electron chi connectivity index (χ3n) is 2.67. The first-order chi connectivity index (χ1) is 7.27. The first-order valence-electron chi connectivity index (χ1n) is 5.23. The Hall–Kier alpha value is -0.830. The highest BCUT2D eigenvalue weighted by Crippen LogP contribution is 2.24. The Balaban J connectivity index is 2.04. The number of esters is 1. The normalized spacial score (nSPS) is 16.6. The molecule has 0 aromatic heterocycles. The number of carbonyl (C=O) groups is 1. The fourth-order valence-electron chi connectivity index (χ4n) is 1.85. The van der Waals surface area contributed by atoms with Crippen molar-refractivity contribution in [1.29, 1.82) is 0 Å². The maximum absolute atomic E-state index is 11.8. The van der Waals surface area contributed by atoms with Crippen LogP contribution in [0.15, 0.2) is 28.7 Å². The van der Waals surface area contributed by atoms with Crippen molar-refractivity contribution in [1.82, 2.24) is 0 Å². The largest absolute Gasteiger partial charge is 0.459 e. The fourth-order valence-corrected chi connectivity index (χ4v) is 2.29. The summed E-state index contributed by atoms with van der Waals surface area (Å²) < 4.78 is 6.21. The second kappa shape index (κ2) is 4.79. The summed E-state index contributed by atoms with van der Waals surface area (Å²) in [5.74, 6) is -0.214. The molecule has 1 aromatic rings. The van der Waals surface area contributed by atoms with Crippen molar-refractivity contribution < 1.29 is 9.53 Å². The van der Waals surface area contributed by atoms with E-state index in [2.05, 4.69) is 15.9 Å². The van der Waals surface area contributed by atoms with Crippen LogP contribution in [-0.2, 0) is 4.74 Å². The maximum Gasteiger partial charge on any atom is 0.339 e. The Morgan fingerprint density at radius 2 is 1.93 bits per heavy atom. The van der Waals surface area contributed by atoms with Gasteiger partial charge in [-0.15, -0.1) is 0 Å². The fraction of sp³-hybridized carbons (Fsp3) is 0.417. The molecule has 80 valence electrons. The Morgan fingerprint density at radius 3 is 2.60 bits per heavy atom. The van der Waals surface area contributed by atoms with Crippen LogP contribution in [0.4, 0.5) is 0 Å². The summed E-state index contributed by atoms with van der Waals surface area (Å²) in [7, 11) is 0. The smallest absolute Gasteiger partial charge is 0.339 e. The Labute approximate surface area is 97.8 Å². The van der Waals surface area contributed by atoms with E-state index in [0.717, 1.165) is 17.3 Å². The molecule has 0 N–H and O–H groups in total. The first-order valence-corrected chi connectivity index (χ1v) is 6.02. The van der Waals surface area contributed by atoms with Gasteiger partial charge in [-0.1, -0.05) is 12.1 Å². The maximum atomic E-state index is 11.8. The summed E-state index contributed by atoms with van der Waals surface area (Å²) in [5, 5.41) is 0. The molecule has 1 aliphatic rings. The quantitative estimate of drug-likeness (QED) is 0.767. The number of carbonyl (C=O) groups excluding carboxylic acids is 1. The highest BCUT2D eigenvalue weighted by atomic mass is 79.9. The van der Waals surface area contributed by atoms with Crippen molar-refractivity contribution >= 4 is 21.9 Å². The van der Waals surface area contributed by atoms with Gasteiger partial charge in [0.05, 0.1) is 5.56 Å². The number of hydrogen-bond donors (Lipinski definition) is 0. The lowest BCUT2D eigenvalue weighted by Crippen LogP contribution is -2.15. The molecule has 3 heteroatoms. The third-order valence-corrected chi connectivity index (χ3v) is 3.36. The second-order valence-corrected chi connectivity index (χ2v) is 4.65. The molecular weight excluding hydrogens is 256 g/mol. The molecule has 0 aliphatic heterocycles. The molecule has 0 heterocycles. The number of benzene rings is 1. The third kappa shape index (κ3) is 2.59. The molecular formula is C12H13BrO2. The predicted molar refractivity (Wildman–Crippen MR) is 61.8 cm³/mol. The van der Waals surface area contributed by atoms with E-state index in [0.29, 0.717) is 5.56 Å². The lowest BCUT2D eigenvalue weighted by Gasteiger charge is -2.11. The zero-order valence-corrected chi connectivity index (χ0v) is 10.00. The van der Waals surface area contributed by atoms with Crippen molar-refractivity contribution in [2.24, 2.45) is 0 Å². The second-order valence-electron chi connectivity index (χ2n) is 3.79. The van der Waals surface area contributed by atoms with Gasteiger partial charge in [0.15, 0.2) is 0 Å². The van der Waals surface area contributed by atoms with E-state index < -0.39 is 0 Å². The van der Waals surface area contributed by atoms with Crippen LogP contribution in [0.1, 0.15) is 36.0 Å². The van der Waals surface area contributed by atoms with Crippen LogP contribution in [0, 0.1) is 0 Å². The van der Waals surface area contributed by atoms with Gasteiger partial charge in [-0.25, -0.2) is 4.79 Å². The van der Waals surface area contributed by atoms with E-state index in [9.17, 15) is 4.79 Å². The molecule has 1 fully saturated rings. The van der Waals surface area contributed by atoms with E-state index in [1.807, 2.05) is 18.2 Å². The molecule has 1 aromatic carbocycles. The lowest BCUT2D eigenvalue weighted by atomic mass is 10.2. The zero-order chi connectivity index (χ0) is 10.7. The Bertz CT molecular complexity index is 356. The molecule has 0 atom stereocenters. The standard InChI is InChI=1S/C12H13BrO2/c13-11-8-4-3-7-10(11)12(14)15-9-5-1-2-6-9/h3-4,7-9H,1-2,5-6H2. The molecule has 15 heavy (non-hydrogen) atoms. The SMILES string of the molecule is O=C(OC1CCCC1)c1ccccc1Br. The van der Waals surface area contributed by atoms with Crippen LogP contribution in [0.25, 0.3) is 0 Å². The van der Waals surface area contributed by atoms with Gasteiger partial charge in [-0.2, -0.15) is 0 Å². The molecule has 0 radical (unpaired) electrons. The van der Waals surface area contributed by atoms with Crippen LogP contribution < -0.4 is 0 Å². The van der Waals surface area contributed by atoms with E-state index in [1.165, 1.54) is 12.8 Å². The van der Waals surface area contributed by atoms with Crippen LogP contribution in [-0.4, -0.2) is 12.1 Å². The van der Waals surface area contributed by atoms with Gasteiger partial charge < -0.3 is 4.74 Å². The number of rotatable bonds is 2. The van der Waals surface area contributed by atoms with E-state index in [1.54, 1.807) is 6.07 Å². The van der Waals surface area contributed by atoms with Gasteiger partial charge in [0, 0.05) is 4.47 Å². The molecule has 1 saturated carbocycles. The van der Waals surface area contributed by atoms with Crippen molar-refractivity contribution in [2.75, 3.05) is 0 Å². The van der Waals surface area contributed by atoms with Crippen molar-refractivity contribution in [3.8, 4) is 0 Å². The van der Waals surface area contributed by atoms with Gasteiger partial charge in [0.25, 0.3) is 0 Å². The van der Waals surface area contributed by atoms with Gasteiger partial charge in [-0.05, 0) is 53.7 Å². The number of halogens is 1. The van der Waals surface area contributed by atoms with E-state index >= 15 is 0 Å². The Kier molecular flexibility index (Phi) is 3.41. The molecule has 1 aliphatic carbocycles. The summed E-state index contributed by atoms with van der Waals surface area (Å²) >= 11 is 3.35. The Morgan fingerprint density at radius 1 is 1.27 bits per heavy atom. The number of ether oxygens (including phenoxy) is 1. The zero-order valence-electron chi connectivity index (χ0n) is 8.41. The molecule has 2 rings (SSSR count). The predicted octanol–water partition coefficient (Wildman–Crippen LogP) is 3.55. The van der Waals surface area contributed by atoms with Crippen LogP contribution in [0.2, 0.25) is 0 Å². The van der Waals surface area contributed by atoms with E-state index in [4.69, 9.17) is 4.74 Å². The van der Waals surface area contributed by atoms with Crippen LogP contribution in [0.3, 0.4) is 0 Å². The summed E-state index contributed by atoms with van der Waals surface area (Å²) in [4.78, 5) is 11.8. The highest BCUT2D eigenvalue weighted by Gasteiger charge is 2.20. The van der Waals surface area contributed by atoms with Crippen LogP contribution >= 0.6 is 15.9 Å². The van der Waals surface area contributed by atoms with E-state index in [-0.39, 0.29) is 12.1 Å². The first kappa shape index (κ1) is 10.7. The summed E-state index contributed by atoms with van der Waals surface area (Å²) in [5.41, 5.74) is 0.615. The van der Waals surface area contributed by atoms with Gasteiger partial charge in [0.2, 0.25) is 0 Å². The topological polar surface area (TPSA) is 26.3 Å². The minimum Gasteiger partial charge on any atom is -0.459 e. The summed E-state index contributed by atoms with van der Waals surface area (Å²) in [6.07, 6.45) is 4.50. The molecule has 0 unspecified atom stereocenters. The molecule has 0 amide bonds. The molecule has 0 bridgehead atoms. The minimum absolute atomic E-state index is 0.129. The average molecular weight is 269 g/mol. The molecule has 0 spiro atoms. The number of hydrogen-bond acceptors (Lipinski definition) is 2. The van der Waals surface area contributed by atoms with Crippen molar-refractivity contribution in [3.05, 3.63) is 34.3 Å². The monoisotopic (exact) mass is 268 g/mol. The molecule has 2 nitrogen and oxygen atoms in total. The molecule has 0 saturated heterocycles. The highest BCUT2D eigenvalue weighted by molar-refractivity contribution is 9.10. The van der Waals surface area contributed by atoms with Crippen molar-refractivity contribution in [2.45, 2.75) is 31.8 Å². The van der Waals surface area contributed by atoms with Gasteiger partial charge >= 0.3 is 5.97 Å². The summed E-state index contributed by atoms with van der Waals surface area (Å²) in [6.45, 7) is 0. The van der Waals surface area contributed by atoms with Gasteiger partial charge in [-0.3, -0.25) is 0 Å².